The van der Waals surface area contributed by atoms with Gasteiger partial charge in [0, 0.05) is 12.1 Å². The van der Waals surface area contributed by atoms with Crippen LogP contribution in [0.1, 0.15) is 50.8 Å². The molecule has 20 heavy (non-hydrogen) atoms. The van der Waals surface area contributed by atoms with Gasteiger partial charge in [0.15, 0.2) is 0 Å². The minimum Gasteiger partial charge on any atom is -0.497 e. The Morgan fingerprint density at radius 2 is 2.15 bits per heavy atom. The minimum atomic E-state index is -0.390. The number of fused-ring (bicyclic) bond motifs is 1. The highest BCUT2D eigenvalue weighted by molar-refractivity contribution is 5.39. The van der Waals surface area contributed by atoms with Gasteiger partial charge in [-0.3, -0.25) is 4.90 Å². The van der Waals surface area contributed by atoms with Crippen LogP contribution in [0.5, 0.6) is 5.75 Å². The summed E-state index contributed by atoms with van der Waals surface area (Å²) >= 11 is 0. The number of aliphatic hydroxyl groups is 1. The van der Waals surface area contributed by atoms with Crippen molar-refractivity contribution in [2.45, 2.75) is 58.2 Å². The van der Waals surface area contributed by atoms with Crippen LogP contribution in [0.4, 0.5) is 0 Å². The Morgan fingerprint density at radius 1 is 1.40 bits per heavy atom. The van der Waals surface area contributed by atoms with Crippen LogP contribution < -0.4 is 4.74 Å². The maximum Gasteiger partial charge on any atom is 0.119 e. The molecule has 0 spiro atoms. The molecule has 112 valence electrons. The third-order valence-corrected chi connectivity index (χ3v) is 4.31. The summed E-state index contributed by atoms with van der Waals surface area (Å²) in [5.74, 6) is 0.878. The summed E-state index contributed by atoms with van der Waals surface area (Å²) < 4.78 is 5.27. The van der Waals surface area contributed by atoms with Gasteiger partial charge >= 0.3 is 0 Å². The molecule has 0 bridgehead atoms. The lowest BCUT2D eigenvalue weighted by molar-refractivity contribution is 0.0192. The maximum absolute atomic E-state index is 10.7. The number of hydrogen-bond donors (Lipinski definition) is 1. The Kier molecular flexibility index (Phi) is 5.06. The highest BCUT2D eigenvalue weighted by atomic mass is 16.5. The molecule has 2 atom stereocenters. The molecule has 1 aromatic carbocycles. The van der Waals surface area contributed by atoms with Crippen molar-refractivity contribution in [2.75, 3.05) is 13.7 Å². The van der Waals surface area contributed by atoms with Crippen molar-refractivity contribution in [3.63, 3.8) is 0 Å². The van der Waals surface area contributed by atoms with Gasteiger partial charge in [-0.25, -0.2) is 0 Å². The monoisotopic (exact) mass is 277 g/mol. The summed E-state index contributed by atoms with van der Waals surface area (Å²) in [7, 11) is 1.69. The lowest BCUT2D eigenvalue weighted by atomic mass is 9.84. The molecule has 2 rings (SSSR count). The normalized spacial score (nSPS) is 22.1. The van der Waals surface area contributed by atoms with Gasteiger partial charge in [0.25, 0.3) is 0 Å². The van der Waals surface area contributed by atoms with Crippen LogP contribution in [0.3, 0.4) is 0 Å². The highest BCUT2D eigenvalue weighted by Crippen LogP contribution is 2.35. The van der Waals surface area contributed by atoms with Gasteiger partial charge < -0.3 is 9.84 Å². The average Bonchev–Trinajstić information content (AvgIpc) is 2.45. The number of rotatable bonds is 5. The van der Waals surface area contributed by atoms with Crippen LogP contribution in [-0.4, -0.2) is 35.7 Å². The van der Waals surface area contributed by atoms with Crippen LogP contribution in [0.15, 0.2) is 18.2 Å². The van der Waals surface area contributed by atoms with Gasteiger partial charge in [0.05, 0.1) is 13.2 Å². The number of ether oxygens (including phenoxy) is 1. The summed E-state index contributed by atoms with van der Waals surface area (Å²) in [6, 6.07) is 6.73. The SMILES string of the molecule is CCCN(C(C)C)C1CCc2cc(OC)ccc2C1O. The summed E-state index contributed by atoms with van der Waals surface area (Å²) in [5, 5.41) is 10.7. The Hall–Kier alpha value is -1.06. The van der Waals surface area contributed by atoms with E-state index in [0.29, 0.717) is 6.04 Å². The zero-order valence-corrected chi connectivity index (χ0v) is 13.1. The van der Waals surface area contributed by atoms with Crippen molar-refractivity contribution in [3.05, 3.63) is 29.3 Å². The first-order chi connectivity index (χ1) is 9.58. The second kappa shape index (κ2) is 6.59. The minimum absolute atomic E-state index is 0.232. The molecule has 1 N–H and O–H groups in total. The van der Waals surface area contributed by atoms with E-state index in [9.17, 15) is 5.11 Å². The van der Waals surface area contributed by atoms with E-state index in [1.165, 1.54) is 5.56 Å². The Balaban J connectivity index is 2.24. The van der Waals surface area contributed by atoms with E-state index in [1.54, 1.807) is 7.11 Å². The molecule has 1 aliphatic carbocycles. The number of nitrogens with zero attached hydrogens (tertiary/aromatic N) is 1. The molecule has 0 amide bonds. The molecule has 0 heterocycles. The molecule has 3 heteroatoms. The van der Waals surface area contributed by atoms with E-state index in [4.69, 9.17) is 4.74 Å². The molecular weight excluding hydrogens is 250 g/mol. The predicted molar refractivity (Wildman–Crippen MR) is 82.2 cm³/mol. The van der Waals surface area contributed by atoms with Gasteiger partial charge in [-0.2, -0.15) is 0 Å². The van der Waals surface area contributed by atoms with E-state index in [-0.39, 0.29) is 6.04 Å². The van der Waals surface area contributed by atoms with Gasteiger partial charge in [-0.05, 0) is 62.9 Å². The zero-order chi connectivity index (χ0) is 14.7. The molecular formula is C17H27NO2. The molecule has 1 aromatic rings. The van der Waals surface area contributed by atoms with E-state index in [0.717, 1.165) is 37.1 Å². The van der Waals surface area contributed by atoms with Crippen molar-refractivity contribution < 1.29 is 9.84 Å². The number of methoxy groups -OCH3 is 1. The first-order valence-corrected chi connectivity index (χ1v) is 7.69. The number of hydrogen-bond acceptors (Lipinski definition) is 3. The zero-order valence-electron chi connectivity index (χ0n) is 13.1. The number of aryl methyl sites for hydroxylation is 1. The third-order valence-electron chi connectivity index (χ3n) is 4.31. The molecule has 0 saturated heterocycles. The summed E-state index contributed by atoms with van der Waals surface area (Å²) in [6.07, 6.45) is 2.76. The topological polar surface area (TPSA) is 32.7 Å². The fourth-order valence-corrected chi connectivity index (χ4v) is 3.30. The molecule has 3 nitrogen and oxygen atoms in total. The predicted octanol–water partition coefficient (Wildman–Crippen LogP) is 3.16. The molecule has 0 aromatic heterocycles. The maximum atomic E-state index is 10.7. The van der Waals surface area contributed by atoms with Crippen molar-refractivity contribution >= 4 is 0 Å². The lowest BCUT2D eigenvalue weighted by Gasteiger charge is -2.41. The largest absolute Gasteiger partial charge is 0.497 e. The van der Waals surface area contributed by atoms with Gasteiger partial charge in [0.2, 0.25) is 0 Å². The standard InChI is InChI=1S/C17H27NO2/c1-5-10-18(12(2)3)16-9-6-13-11-14(20-4)7-8-15(13)17(16)19/h7-8,11-12,16-17,19H,5-6,9-10H2,1-4H3. The second-order valence-corrected chi connectivity index (χ2v) is 5.95. The van der Waals surface area contributed by atoms with Gasteiger partial charge in [-0.1, -0.05) is 13.0 Å². The van der Waals surface area contributed by atoms with Crippen LogP contribution in [-0.2, 0) is 6.42 Å². The van der Waals surface area contributed by atoms with Crippen LogP contribution in [0.2, 0.25) is 0 Å². The van der Waals surface area contributed by atoms with Gasteiger partial charge in [-0.15, -0.1) is 0 Å². The van der Waals surface area contributed by atoms with E-state index in [2.05, 4.69) is 31.7 Å². The summed E-state index contributed by atoms with van der Waals surface area (Å²) in [5.41, 5.74) is 2.30. The van der Waals surface area contributed by atoms with Crippen molar-refractivity contribution in [1.29, 1.82) is 0 Å². The van der Waals surface area contributed by atoms with E-state index in [1.807, 2.05) is 12.1 Å². The van der Waals surface area contributed by atoms with E-state index >= 15 is 0 Å². The first kappa shape index (κ1) is 15.3. The van der Waals surface area contributed by atoms with Crippen molar-refractivity contribution in [1.82, 2.24) is 4.90 Å². The van der Waals surface area contributed by atoms with Crippen molar-refractivity contribution in [3.8, 4) is 5.75 Å². The number of benzene rings is 1. The van der Waals surface area contributed by atoms with E-state index < -0.39 is 6.10 Å². The van der Waals surface area contributed by atoms with Gasteiger partial charge in [0.1, 0.15) is 5.75 Å². The third kappa shape index (κ3) is 2.99. The lowest BCUT2D eigenvalue weighted by Crippen LogP contribution is -2.46. The summed E-state index contributed by atoms with van der Waals surface area (Å²) in [6.45, 7) is 7.67. The molecule has 0 aliphatic heterocycles. The van der Waals surface area contributed by atoms with Crippen molar-refractivity contribution in [2.24, 2.45) is 0 Å². The molecule has 0 fully saturated rings. The van der Waals surface area contributed by atoms with Crippen LogP contribution in [0.25, 0.3) is 0 Å². The fraction of sp³-hybridized carbons (Fsp3) is 0.647. The molecule has 0 radical (unpaired) electrons. The Morgan fingerprint density at radius 3 is 2.75 bits per heavy atom. The summed E-state index contributed by atoms with van der Waals surface area (Å²) in [4.78, 5) is 2.44. The second-order valence-electron chi connectivity index (χ2n) is 5.95. The first-order valence-electron chi connectivity index (χ1n) is 7.69. The Bertz CT molecular complexity index is 445. The van der Waals surface area contributed by atoms with Crippen LogP contribution in [0, 0.1) is 0 Å². The molecule has 2 unspecified atom stereocenters. The molecule has 0 saturated carbocycles. The number of aliphatic hydroxyl groups excluding tert-OH is 1. The quantitative estimate of drug-likeness (QED) is 0.897. The highest BCUT2D eigenvalue weighted by Gasteiger charge is 2.33. The van der Waals surface area contributed by atoms with Crippen LogP contribution >= 0.6 is 0 Å². The average molecular weight is 277 g/mol. The Labute approximate surface area is 122 Å². The molecule has 1 aliphatic rings. The fourth-order valence-electron chi connectivity index (χ4n) is 3.30. The smallest absolute Gasteiger partial charge is 0.119 e.